The molecule has 0 fully saturated rings. The van der Waals surface area contributed by atoms with Crippen molar-refractivity contribution in [2.45, 2.75) is 17.7 Å². The molecule has 2 heterocycles. The van der Waals surface area contributed by atoms with Gasteiger partial charge in [-0.15, -0.1) is 0 Å². The highest BCUT2D eigenvalue weighted by molar-refractivity contribution is 7.90. The topological polar surface area (TPSA) is 160 Å². The summed E-state index contributed by atoms with van der Waals surface area (Å²) in [6.07, 6.45) is 2.40. The van der Waals surface area contributed by atoms with Crippen molar-refractivity contribution in [1.29, 1.82) is 0 Å². The number of benzene rings is 2. The number of urea groups is 1. The quantitative estimate of drug-likeness (QED) is 0.225. The summed E-state index contributed by atoms with van der Waals surface area (Å²) in [6, 6.07) is 9.42. The number of rotatable bonds is 7. The van der Waals surface area contributed by atoms with E-state index < -0.39 is 21.0 Å². The van der Waals surface area contributed by atoms with Gasteiger partial charge in [-0.1, -0.05) is 0 Å². The van der Waals surface area contributed by atoms with E-state index in [9.17, 15) is 23.3 Å². The number of nitro benzene ring substituents is 1. The first-order valence-corrected chi connectivity index (χ1v) is 10.7. The van der Waals surface area contributed by atoms with E-state index in [0.29, 0.717) is 40.7 Å². The number of aryl methyl sites for hydroxylation is 1. The molecule has 0 spiro atoms. The number of nitrogens with one attached hydrogen (secondary N) is 3. The van der Waals surface area contributed by atoms with Gasteiger partial charge in [0.25, 0.3) is 15.7 Å². The van der Waals surface area contributed by atoms with E-state index in [2.05, 4.69) is 15.3 Å². The summed E-state index contributed by atoms with van der Waals surface area (Å²) < 4.78 is 31.9. The number of carbonyl (C=O) groups excluding carboxylic acids is 1. The van der Waals surface area contributed by atoms with Crippen LogP contribution in [0.1, 0.15) is 12.2 Å². The average Bonchev–Trinajstić information content (AvgIpc) is 3.35. The van der Waals surface area contributed by atoms with Crippen LogP contribution in [0.2, 0.25) is 0 Å². The molecule has 2 amide bonds. The molecule has 2 aromatic carbocycles. The van der Waals surface area contributed by atoms with Crippen LogP contribution in [0.5, 0.6) is 0 Å². The monoisotopic (exact) mass is 443 g/mol. The third-order valence-corrected chi connectivity index (χ3v) is 5.89. The highest BCUT2D eigenvalue weighted by atomic mass is 32.2. The Kier molecular flexibility index (Phi) is 5.29. The maximum absolute atomic E-state index is 12.4. The van der Waals surface area contributed by atoms with Crippen molar-refractivity contribution in [3.8, 4) is 0 Å². The summed E-state index contributed by atoms with van der Waals surface area (Å²) in [5, 5.41) is 13.9. The number of H-pyrrole nitrogens is 1. The summed E-state index contributed by atoms with van der Waals surface area (Å²) in [7, 11) is -4.02. The van der Waals surface area contributed by atoms with E-state index in [1.54, 1.807) is 12.1 Å². The molecule has 4 aromatic rings. The largest absolute Gasteiger partial charge is 0.464 e. The predicted octanol–water partition coefficient (Wildman–Crippen LogP) is 2.84. The molecule has 12 heteroatoms. The number of furan rings is 1. The van der Waals surface area contributed by atoms with Crippen LogP contribution in [-0.2, 0) is 16.4 Å². The Bertz CT molecular complexity index is 1390. The van der Waals surface area contributed by atoms with Crippen LogP contribution in [0.15, 0.2) is 58.0 Å². The number of fused-ring (bicyclic) bond motifs is 2. The molecule has 0 atom stereocenters. The van der Waals surface area contributed by atoms with Crippen LogP contribution < -0.4 is 10.0 Å². The second-order valence-electron chi connectivity index (χ2n) is 6.73. The van der Waals surface area contributed by atoms with Crippen molar-refractivity contribution in [3.05, 3.63) is 64.7 Å². The standard InChI is InChI=1S/C19H17N5O6S/c25-19(23-31(28,29)14-4-6-17-12(10-14)7-9-30-17)20-8-1-2-18-21-15-5-3-13(24(26)27)11-16(15)22-18/h3-7,9-11H,1-2,8H2,(H,21,22)(H2,20,23,25). The number of non-ortho nitro benzene ring substituents is 1. The molecule has 0 bridgehead atoms. The zero-order valence-corrected chi connectivity index (χ0v) is 16.8. The van der Waals surface area contributed by atoms with Crippen molar-refractivity contribution in [2.75, 3.05) is 6.54 Å². The summed E-state index contributed by atoms with van der Waals surface area (Å²) >= 11 is 0. The molecule has 31 heavy (non-hydrogen) atoms. The normalized spacial score (nSPS) is 11.6. The van der Waals surface area contributed by atoms with Gasteiger partial charge in [-0.05, 0) is 36.8 Å². The van der Waals surface area contributed by atoms with Crippen molar-refractivity contribution in [2.24, 2.45) is 0 Å². The van der Waals surface area contributed by atoms with Gasteiger partial charge in [0.05, 0.1) is 27.1 Å². The Balaban J connectivity index is 1.30. The molecule has 0 radical (unpaired) electrons. The lowest BCUT2D eigenvalue weighted by atomic mass is 10.3. The van der Waals surface area contributed by atoms with E-state index in [1.807, 2.05) is 4.72 Å². The first-order valence-electron chi connectivity index (χ1n) is 9.23. The van der Waals surface area contributed by atoms with Gasteiger partial charge >= 0.3 is 6.03 Å². The number of sulfonamides is 1. The fourth-order valence-corrected chi connectivity index (χ4v) is 4.03. The third kappa shape index (κ3) is 4.48. The summed E-state index contributed by atoms with van der Waals surface area (Å²) in [5.74, 6) is 0.610. The van der Waals surface area contributed by atoms with Crippen LogP contribution in [0.25, 0.3) is 22.0 Å². The van der Waals surface area contributed by atoms with Crippen LogP contribution >= 0.6 is 0 Å². The van der Waals surface area contributed by atoms with Gasteiger partial charge in [0.1, 0.15) is 11.4 Å². The fourth-order valence-electron chi connectivity index (χ4n) is 3.07. The minimum atomic E-state index is -4.02. The van der Waals surface area contributed by atoms with Crippen molar-refractivity contribution >= 4 is 43.7 Å². The molecule has 11 nitrogen and oxygen atoms in total. The summed E-state index contributed by atoms with van der Waals surface area (Å²) in [4.78, 5) is 29.6. The second kappa shape index (κ2) is 8.07. The Hall–Kier alpha value is -3.93. The van der Waals surface area contributed by atoms with E-state index in [-0.39, 0.29) is 17.1 Å². The number of amides is 2. The number of nitrogens with zero attached hydrogens (tertiary/aromatic N) is 2. The van der Waals surface area contributed by atoms with Crippen LogP contribution in [0, 0.1) is 10.1 Å². The van der Waals surface area contributed by atoms with E-state index >= 15 is 0 Å². The molecule has 160 valence electrons. The number of carbonyl (C=O) groups is 1. The number of hydrogen-bond donors (Lipinski definition) is 3. The lowest BCUT2D eigenvalue weighted by Gasteiger charge is -2.08. The van der Waals surface area contributed by atoms with Gasteiger partial charge in [-0.3, -0.25) is 10.1 Å². The molecule has 2 aromatic heterocycles. The predicted molar refractivity (Wildman–Crippen MR) is 111 cm³/mol. The number of aromatic nitrogens is 2. The molecular weight excluding hydrogens is 426 g/mol. The number of imidazole rings is 1. The van der Waals surface area contributed by atoms with Gasteiger partial charge in [-0.25, -0.2) is 22.9 Å². The van der Waals surface area contributed by atoms with E-state index in [1.165, 1.54) is 36.6 Å². The minimum Gasteiger partial charge on any atom is -0.464 e. The zero-order chi connectivity index (χ0) is 22.0. The van der Waals surface area contributed by atoms with Crippen LogP contribution in [-0.4, -0.2) is 35.9 Å². The third-order valence-electron chi connectivity index (χ3n) is 4.56. The van der Waals surface area contributed by atoms with Crippen molar-refractivity contribution in [1.82, 2.24) is 20.0 Å². The molecule has 4 rings (SSSR count). The molecule has 0 aliphatic heterocycles. The highest BCUT2D eigenvalue weighted by Gasteiger charge is 2.18. The molecule has 3 N–H and O–H groups in total. The molecule has 0 aliphatic rings. The Labute approximate surface area is 175 Å². The van der Waals surface area contributed by atoms with Gasteiger partial charge in [0, 0.05) is 30.5 Å². The maximum Gasteiger partial charge on any atom is 0.328 e. The van der Waals surface area contributed by atoms with E-state index in [0.717, 1.165) is 0 Å². The molecule has 0 aliphatic carbocycles. The molecule has 0 saturated heterocycles. The fraction of sp³-hybridized carbons (Fsp3) is 0.158. The number of hydrogen-bond acceptors (Lipinski definition) is 7. The Morgan fingerprint density at radius 3 is 2.84 bits per heavy atom. The zero-order valence-electron chi connectivity index (χ0n) is 16.0. The minimum absolute atomic E-state index is 0.0332. The summed E-state index contributed by atoms with van der Waals surface area (Å²) in [5.41, 5.74) is 1.67. The summed E-state index contributed by atoms with van der Waals surface area (Å²) in [6.45, 7) is 0.208. The SMILES string of the molecule is O=C(NCCCc1nc2ccc([N+](=O)[O-])cc2[nH]1)NS(=O)(=O)c1ccc2occc2c1. The lowest BCUT2D eigenvalue weighted by molar-refractivity contribution is -0.384. The highest BCUT2D eigenvalue weighted by Crippen LogP contribution is 2.20. The van der Waals surface area contributed by atoms with Gasteiger partial charge in [0.15, 0.2) is 0 Å². The smallest absolute Gasteiger partial charge is 0.328 e. The Morgan fingerprint density at radius 1 is 1.19 bits per heavy atom. The molecular formula is C19H17N5O6S. The van der Waals surface area contributed by atoms with Crippen molar-refractivity contribution in [3.63, 3.8) is 0 Å². The Morgan fingerprint density at radius 2 is 2.03 bits per heavy atom. The average molecular weight is 443 g/mol. The lowest BCUT2D eigenvalue weighted by Crippen LogP contribution is -2.39. The first-order chi connectivity index (χ1) is 14.8. The number of nitro groups is 1. The molecule has 0 saturated carbocycles. The van der Waals surface area contributed by atoms with Crippen LogP contribution in [0.3, 0.4) is 0 Å². The van der Waals surface area contributed by atoms with Gasteiger partial charge in [-0.2, -0.15) is 0 Å². The van der Waals surface area contributed by atoms with Crippen molar-refractivity contribution < 1.29 is 22.6 Å². The number of aromatic amines is 1. The van der Waals surface area contributed by atoms with E-state index in [4.69, 9.17) is 4.42 Å². The van der Waals surface area contributed by atoms with Crippen LogP contribution in [0.4, 0.5) is 10.5 Å². The maximum atomic E-state index is 12.4. The van der Waals surface area contributed by atoms with Gasteiger partial charge in [0.2, 0.25) is 0 Å². The molecule has 0 unspecified atom stereocenters. The first kappa shape index (κ1) is 20.3. The van der Waals surface area contributed by atoms with Gasteiger partial charge < -0.3 is 14.7 Å². The second-order valence-corrected chi connectivity index (χ2v) is 8.41.